The number of amides is 1. The Morgan fingerprint density at radius 3 is 2.43 bits per heavy atom. The van der Waals surface area contributed by atoms with E-state index in [1.807, 2.05) is 25.9 Å². The maximum atomic E-state index is 11.6. The van der Waals surface area contributed by atoms with Crippen LogP contribution < -0.4 is 11.1 Å². The third-order valence-corrected chi connectivity index (χ3v) is 2.77. The van der Waals surface area contributed by atoms with Crippen LogP contribution in [0.3, 0.4) is 0 Å². The Morgan fingerprint density at radius 1 is 1.57 bits per heavy atom. The van der Waals surface area contributed by atoms with E-state index in [4.69, 9.17) is 5.73 Å². The first kappa shape index (κ1) is 11.5. The van der Waals surface area contributed by atoms with Crippen LogP contribution in [0.5, 0.6) is 0 Å². The summed E-state index contributed by atoms with van der Waals surface area (Å²) < 4.78 is 0. The molecule has 14 heavy (non-hydrogen) atoms. The van der Waals surface area contributed by atoms with Crippen LogP contribution >= 0.6 is 0 Å². The average molecular weight is 199 g/mol. The highest BCUT2D eigenvalue weighted by Gasteiger charge is 2.49. The Kier molecular flexibility index (Phi) is 3.50. The van der Waals surface area contributed by atoms with Gasteiger partial charge in [0.05, 0.1) is 0 Å². The predicted octanol–water partition coefficient (Wildman–Crippen LogP) is -0.208. The van der Waals surface area contributed by atoms with Crippen molar-refractivity contribution in [1.82, 2.24) is 10.2 Å². The van der Waals surface area contributed by atoms with E-state index in [2.05, 4.69) is 5.32 Å². The Labute approximate surface area is 85.8 Å². The minimum absolute atomic E-state index is 0.212. The van der Waals surface area contributed by atoms with Gasteiger partial charge in [-0.25, -0.2) is 0 Å². The number of carbonyl (C=O) groups excluding carboxylic acids is 1. The summed E-state index contributed by atoms with van der Waals surface area (Å²) in [5, 5.41) is 3.27. The zero-order chi connectivity index (χ0) is 10.8. The summed E-state index contributed by atoms with van der Waals surface area (Å²) >= 11 is 0. The quantitative estimate of drug-likeness (QED) is 0.622. The maximum absolute atomic E-state index is 11.6. The lowest BCUT2D eigenvalue weighted by molar-refractivity contribution is -0.126. The van der Waals surface area contributed by atoms with Gasteiger partial charge in [-0.1, -0.05) is 6.92 Å². The van der Waals surface area contributed by atoms with Crippen LogP contribution in [-0.4, -0.2) is 43.5 Å². The zero-order valence-corrected chi connectivity index (χ0v) is 9.34. The van der Waals surface area contributed by atoms with Crippen molar-refractivity contribution in [1.29, 1.82) is 0 Å². The molecule has 82 valence electrons. The Balaban J connectivity index is 2.77. The topological polar surface area (TPSA) is 58.4 Å². The van der Waals surface area contributed by atoms with Crippen LogP contribution in [0, 0.1) is 5.92 Å². The molecule has 1 aliphatic carbocycles. The molecule has 0 saturated heterocycles. The van der Waals surface area contributed by atoms with Gasteiger partial charge in [0, 0.05) is 6.54 Å². The Morgan fingerprint density at radius 2 is 2.14 bits per heavy atom. The van der Waals surface area contributed by atoms with Gasteiger partial charge in [-0.05, 0) is 39.4 Å². The molecule has 4 heteroatoms. The Bertz CT molecular complexity index is 213. The molecule has 1 saturated carbocycles. The SMILES string of the molecule is CCNC(CN(C)C)(C(N)=O)C1CC1. The van der Waals surface area contributed by atoms with E-state index in [0.29, 0.717) is 12.5 Å². The number of nitrogens with zero attached hydrogens (tertiary/aromatic N) is 1. The van der Waals surface area contributed by atoms with Crippen LogP contribution in [0.15, 0.2) is 0 Å². The third-order valence-electron chi connectivity index (χ3n) is 2.77. The second-order valence-electron chi connectivity index (χ2n) is 4.38. The van der Waals surface area contributed by atoms with Crippen LogP contribution in [0.1, 0.15) is 19.8 Å². The van der Waals surface area contributed by atoms with Crippen molar-refractivity contribution in [3.8, 4) is 0 Å². The summed E-state index contributed by atoms with van der Waals surface area (Å²) in [4.78, 5) is 13.6. The lowest BCUT2D eigenvalue weighted by Gasteiger charge is -2.34. The second kappa shape index (κ2) is 4.28. The first-order valence-electron chi connectivity index (χ1n) is 5.22. The van der Waals surface area contributed by atoms with Gasteiger partial charge < -0.3 is 16.0 Å². The molecule has 1 rings (SSSR count). The van der Waals surface area contributed by atoms with Crippen molar-refractivity contribution >= 4 is 5.91 Å². The van der Waals surface area contributed by atoms with E-state index in [-0.39, 0.29) is 5.91 Å². The van der Waals surface area contributed by atoms with Gasteiger partial charge in [-0.15, -0.1) is 0 Å². The number of primary amides is 1. The molecule has 1 unspecified atom stereocenters. The molecular formula is C10H21N3O. The number of nitrogens with one attached hydrogen (secondary N) is 1. The highest BCUT2D eigenvalue weighted by molar-refractivity contribution is 5.86. The van der Waals surface area contributed by atoms with Crippen LogP contribution in [0.25, 0.3) is 0 Å². The number of rotatable bonds is 6. The smallest absolute Gasteiger partial charge is 0.239 e. The molecule has 0 aliphatic heterocycles. The van der Waals surface area contributed by atoms with Crippen molar-refractivity contribution in [2.24, 2.45) is 11.7 Å². The highest BCUT2D eigenvalue weighted by atomic mass is 16.1. The van der Waals surface area contributed by atoms with Gasteiger partial charge >= 0.3 is 0 Å². The van der Waals surface area contributed by atoms with Crippen LogP contribution in [0.4, 0.5) is 0 Å². The largest absolute Gasteiger partial charge is 0.368 e. The fourth-order valence-corrected chi connectivity index (χ4v) is 2.09. The number of hydrogen-bond acceptors (Lipinski definition) is 3. The molecule has 1 fully saturated rings. The summed E-state index contributed by atoms with van der Waals surface area (Å²) in [6, 6.07) is 0. The monoisotopic (exact) mass is 199 g/mol. The molecule has 0 aromatic carbocycles. The van der Waals surface area contributed by atoms with Crippen molar-refractivity contribution < 1.29 is 4.79 Å². The van der Waals surface area contributed by atoms with Gasteiger partial charge in [-0.2, -0.15) is 0 Å². The van der Waals surface area contributed by atoms with Gasteiger partial charge in [-0.3, -0.25) is 4.79 Å². The summed E-state index contributed by atoms with van der Waals surface area (Å²) in [6.07, 6.45) is 2.23. The number of carbonyl (C=O) groups is 1. The average Bonchev–Trinajstić information content (AvgIpc) is 2.84. The van der Waals surface area contributed by atoms with Crippen LogP contribution in [-0.2, 0) is 4.79 Å². The standard InChI is InChI=1S/C10H21N3O/c1-4-12-10(9(11)14,7-13(2)3)8-5-6-8/h8,12H,4-7H2,1-3H3,(H2,11,14). The summed E-state index contributed by atoms with van der Waals surface area (Å²) in [7, 11) is 3.94. The third kappa shape index (κ3) is 2.25. The normalized spacial score (nSPS) is 20.9. The van der Waals surface area contributed by atoms with Gasteiger partial charge in [0.2, 0.25) is 5.91 Å². The fraction of sp³-hybridized carbons (Fsp3) is 0.900. The summed E-state index contributed by atoms with van der Waals surface area (Å²) in [5.41, 5.74) is 5.02. The first-order valence-corrected chi connectivity index (χ1v) is 5.22. The molecule has 1 aliphatic rings. The zero-order valence-electron chi connectivity index (χ0n) is 9.34. The van der Waals surface area contributed by atoms with Gasteiger partial charge in [0.25, 0.3) is 0 Å². The molecule has 0 radical (unpaired) electrons. The molecule has 0 aromatic heterocycles. The van der Waals surface area contributed by atoms with E-state index in [1.54, 1.807) is 0 Å². The van der Waals surface area contributed by atoms with Crippen LogP contribution in [0.2, 0.25) is 0 Å². The van der Waals surface area contributed by atoms with E-state index < -0.39 is 5.54 Å². The lowest BCUT2D eigenvalue weighted by Crippen LogP contribution is -2.62. The van der Waals surface area contributed by atoms with E-state index in [1.165, 1.54) is 0 Å². The van der Waals surface area contributed by atoms with Crippen molar-refractivity contribution in [3.05, 3.63) is 0 Å². The lowest BCUT2D eigenvalue weighted by atomic mass is 9.91. The number of hydrogen-bond donors (Lipinski definition) is 2. The predicted molar refractivity (Wildman–Crippen MR) is 56.9 cm³/mol. The van der Waals surface area contributed by atoms with Gasteiger partial charge in [0.15, 0.2) is 0 Å². The molecule has 0 spiro atoms. The minimum Gasteiger partial charge on any atom is -0.368 e. The highest BCUT2D eigenvalue weighted by Crippen LogP contribution is 2.39. The van der Waals surface area contributed by atoms with E-state index >= 15 is 0 Å². The van der Waals surface area contributed by atoms with Crippen molar-refractivity contribution in [2.45, 2.75) is 25.3 Å². The summed E-state index contributed by atoms with van der Waals surface area (Å²) in [5.74, 6) is 0.220. The fourth-order valence-electron chi connectivity index (χ4n) is 2.09. The molecule has 0 bridgehead atoms. The first-order chi connectivity index (χ1) is 6.53. The Hall–Kier alpha value is -0.610. The second-order valence-corrected chi connectivity index (χ2v) is 4.38. The number of likely N-dealkylation sites (N-methyl/N-ethyl adjacent to an activating group) is 2. The maximum Gasteiger partial charge on any atom is 0.239 e. The van der Waals surface area contributed by atoms with Crippen molar-refractivity contribution in [3.63, 3.8) is 0 Å². The minimum atomic E-state index is -0.502. The molecule has 3 N–H and O–H groups in total. The summed E-state index contributed by atoms with van der Waals surface area (Å²) in [6.45, 7) is 3.49. The molecule has 1 amide bonds. The van der Waals surface area contributed by atoms with E-state index in [9.17, 15) is 4.79 Å². The molecule has 1 atom stereocenters. The van der Waals surface area contributed by atoms with E-state index in [0.717, 1.165) is 19.4 Å². The number of nitrogens with two attached hydrogens (primary N) is 1. The molecule has 0 aromatic rings. The van der Waals surface area contributed by atoms with Gasteiger partial charge in [0.1, 0.15) is 5.54 Å². The molecular weight excluding hydrogens is 178 g/mol. The van der Waals surface area contributed by atoms with Crippen molar-refractivity contribution in [2.75, 3.05) is 27.2 Å². The molecule has 0 heterocycles. The molecule has 4 nitrogen and oxygen atoms in total.